The minimum absolute atomic E-state index is 0.0842. The van der Waals surface area contributed by atoms with E-state index in [2.05, 4.69) is 15.4 Å². The lowest BCUT2D eigenvalue weighted by molar-refractivity contribution is 0.102. The molecule has 1 aromatic carbocycles. The maximum Gasteiger partial charge on any atom is 0.256 e. The molecule has 0 aliphatic heterocycles. The lowest BCUT2D eigenvalue weighted by Crippen LogP contribution is -2.30. The quantitative estimate of drug-likeness (QED) is 0.599. The van der Waals surface area contributed by atoms with E-state index in [0.29, 0.717) is 46.8 Å². The SMILES string of the molecule is CCN(CC)S(=O)(=O)c1ccc(OC)c(NC(=O)c2cc(C)nc3c2c(C)nn3C)c1. The molecule has 0 saturated heterocycles. The molecule has 0 saturated carbocycles. The minimum Gasteiger partial charge on any atom is -0.495 e. The molecule has 0 spiro atoms. The summed E-state index contributed by atoms with van der Waals surface area (Å²) in [6.07, 6.45) is 0. The predicted octanol–water partition coefficient (Wildman–Crippen LogP) is 2.88. The highest BCUT2D eigenvalue weighted by molar-refractivity contribution is 7.89. The average molecular weight is 446 g/mol. The number of pyridine rings is 1. The molecule has 0 atom stereocenters. The molecular formula is C21H27N5O4S. The standard InChI is InChI=1S/C21H27N5O4S/c1-7-26(8-2)31(28,29)15-9-10-18(30-6)17(12-15)23-21(27)16-11-13(3)22-20-19(16)14(4)24-25(20)5/h9-12H,7-8H2,1-6H3,(H,23,27). The van der Waals surface area contributed by atoms with Gasteiger partial charge in [0.1, 0.15) is 5.75 Å². The van der Waals surface area contributed by atoms with Crippen molar-refractivity contribution >= 4 is 32.7 Å². The number of hydrogen-bond donors (Lipinski definition) is 1. The third-order valence-electron chi connectivity index (χ3n) is 5.10. The van der Waals surface area contributed by atoms with Gasteiger partial charge in [-0.2, -0.15) is 9.40 Å². The van der Waals surface area contributed by atoms with Crippen LogP contribution in [0.5, 0.6) is 5.75 Å². The molecule has 0 radical (unpaired) electrons. The number of nitrogens with zero attached hydrogens (tertiary/aromatic N) is 4. The first-order valence-corrected chi connectivity index (χ1v) is 11.4. The van der Waals surface area contributed by atoms with Crippen LogP contribution >= 0.6 is 0 Å². The van der Waals surface area contributed by atoms with E-state index in [-0.39, 0.29) is 10.6 Å². The summed E-state index contributed by atoms with van der Waals surface area (Å²) in [6, 6.07) is 6.12. The van der Waals surface area contributed by atoms with Crippen LogP contribution in [0.2, 0.25) is 0 Å². The molecular weight excluding hydrogens is 418 g/mol. The number of aryl methyl sites for hydroxylation is 3. The fraction of sp³-hybridized carbons (Fsp3) is 0.381. The Morgan fingerprint density at radius 2 is 1.87 bits per heavy atom. The summed E-state index contributed by atoms with van der Waals surface area (Å²) < 4.78 is 34.2. The van der Waals surface area contributed by atoms with Crippen LogP contribution in [0.25, 0.3) is 11.0 Å². The zero-order valence-electron chi connectivity index (χ0n) is 18.6. The van der Waals surface area contributed by atoms with Crippen molar-refractivity contribution in [3.05, 3.63) is 41.2 Å². The number of amides is 1. The largest absolute Gasteiger partial charge is 0.495 e. The van der Waals surface area contributed by atoms with Gasteiger partial charge in [-0.15, -0.1) is 0 Å². The van der Waals surface area contributed by atoms with Gasteiger partial charge in [-0.05, 0) is 38.1 Å². The molecule has 0 aliphatic rings. The van der Waals surface area contributed by atoms with Crippen LogP contribution in [0, 0.1) is 13.8 Å². The maximum atomic E-state index is 13.2. The lowest BCUT2D eigenvalue weighted by atomic mass is 10.1. The van der Waals surface area contributed by atoms with E-state index in [1.165, 1.54) is 29.6 Å². The molecule has 2 heterocycles. The van der Waals surface area contributed by atoms with Crippen LogP contribution in [-0.4, -0.2) is 53.6 Å². The molecule has 0 bridgehead atoms. The van der Waals surface area contributed by atoms with Crippen molar-refractivity contribution in [3.63, 3.8) is 0 Å². The molecule has 1 amide bonds. The van der Waals surface area contributed by atoms with Crippen molar-refractivity contribution in [2.45, 2.75) is 32.6 Å². The molecule has 9 nitrogen and oxygen atoms in total. The molecule has 3 aromatic rings. The van der Waals surface area contributed by atoms with Crippen molar-refractivity contribution in [2.75, 3.05) is 25.5 Å². The van der Waals surface area contributed by atoms with Crippen molar-refractivity contribution in [1.29, 1.82) is 0 Å². The number of sulfonamides is 1. The molecule has 31 heavy (non-hydrogen) atoms. The van der Waals surface area contributed by atoms with E-state index in [1.54, 1.807) is 38.6 Å². The summed E-state index contributed by atoms with van der Waals surface area (Å²) >= 11 is 0. The Bertz CT molecular complexity index is 1250. The van der Waals surface area contributed by atoms with Gasteiger partial charge in [0.2, 0.25) is 10.0 Å². The van der Waals surface area contributed by atoms with Gasteiger partial charge in [-0.25, -0.2) is 13.4 Å². The highest BCUT2D eigenvalue weighted by atomic mass is 32.2. The van der Waals surface area contributed by atoms with Crippen LogP contribution in [0.4, 0.5) is 5.69 Å². The van der Waals surface area contributed by atoms with E-state index in [4.69, 9.17) is 4.74 Å². The zero-order chi connectivity index (χ0) is 22.9. The van der Waals surface area contributed by atoms with Gasteiger partial charge in [0, 0.05) is 25.8 Å². The first-order valence-electron chi connectivity index (χ1n) is 9.94. The van der Waals surface area contributed by atoms with E-state index in [9.17, 15) is 13.2 Å². The molecule has 10 heteroatoms. The zero-order valence-corrected chi connectivity index (χ0v) is 19.4. The number of aromatic nitrogens is 3. The molecule has 166 valence electrons. The topological polar surface area (TPSA) is 106 Å². The molecule has 0 unspecified atom stereocenters. The van der Waals surface area contributed by atoms with Crippen molar-refractivity contribution in [1.82, 2.24) is 19.1 Å². The van der Waals surface area contributed by atoms with Gasteiger partial charge >= 0.3 is 0 Å². The van der Waals surface area contributed by atoms with E-state index >= 15 is 0 Å². The first kappa shape index (κ1) is 22.7. The normalized spacial score (nSPS) is 11.8. The smallest absolute Gasteiger partial charge is 0.256 e. The number of nitrogens with one attached hydrogen (secondary N) is 1. The molecule has 3 rings (SSSR count). The van der Waals surface area contributed by atoms with E-state index < -0.39 is 15.9 Å². The molecule has 2 aromatic heterocycles. The maximum absolute atomic E-state index is 13.2. The van der Waals surface area contributed by atoms with Gasteiger partial charge in [-0.3, -0.25) is 9.48 Å². The van der Waals surface area contributed by atoms with E-state index in [1.807, 2.05) is 6.92 Å². The first-order chi connectivity index (χ1) is 14.6. The molecule has 0 fully saturated rings. The van der Waals surface area contributed by atoms with Gasteiger partial charge in [-0.1, -0.05) is 13.8 Å². The fourth-order valence-electron chi connectivity index (χ4n) is 3.60. The number of ether oxygens (including phenoxy) is 1. The van der Waals surface area contributed by atoms with Crippen LogP contribution in [0.15, 0.2) is 29.2 Å². The summed E-state index contributed by atoms with van der Waals surface area (Å²) in [5.74, 6) is -0.0425. The predicted molar refractivity (Wildman–Crippen MR) is 119 cm³/mol. The summed E-state index contributed by atoms with van der Waals surface area (Å²) in [4.78, 5) is 17.8. The van der Waals surface area contributed by atoms with E-state index in [0.717, 1.165) is 0 Å². The van der Waals surface area contributed by atoms with Gasteiger partial charge in [0.25, 0.3) is 5.91 Å². The number of fused-ring (bicyclic) bond motifs is 1. The monoisotopic (exact) mass is 445 g/mol. The Morgan fingerprint density at radius 3 is 2.48 bits per heavy atom. The number of rotatable bonds is 7. The Labute approximate surface area is 182 Å². The summed E-state index contributed by atoms with van der Waals surface area (Å²) in [7, 11) is -0.457. The number of anilines is 1. The van der Waals surface area contributed by atoms with Crippen LogP contribution in [-0.2, 0) is 17.1 Å². The minimum atomic E-state index is -3.69. The Morgan fingerprint density at radius 1 is 1.19 bits per heavy atom. The van der Waals surface area contributed by atoms with Crippen molar-refractivity contribution in [2.24, 2.45) is 7.05 Å². The number of benzene rings is 1. The summed E-state index contributed by atoms with van der Waals surface area (Å²) in [6.45, 7) is 7.87. The Balaban J connectivity index is 2.07. The molecule has 0 aliphatic carbocycles. The van der Waals surface area contributed by atoms with Crippen LogP contribution in [0.1, 0.15) is 35.6 Å². The highest BCUT2D eigenvalue weighted by Gasteiger charge is 2.24. The summed E-state index contributed by atoms with van der Waals surface area (Å²) in [5.41, 5.74) is 2.63. The Kier molecular flexibility index (Phi) is 6.33. The highest BCUT2D eigenvalue weighted by Crippen LogP contribution is 2.30. The second-order valence-corrected chi connectivity index (χ2v) is 9.06. The lowest BCUT2D eigenvalue weighted by Gasteiger charge is -2.19. The third-order valence-corrected chi connectivity index (χ3v) is 7.15. The van der Waals surface area contributed by atoms with Gasteiger partial charge in [0.15, 0.2) is 5.65 Å². The van der Waals surface area contributed by atoms with Crippen LogP contribution < -0.4 is 10.1 Å². The fourth-order valence-corrected chi connectivity index (χ4v) is 5.08. The summed E-state index contributed by atoms with van der Waals surface area (Å²) in [5, 5.41) is 7.82. The van der Waals surface area contributed by atoms with Crippen molar-refractivity contribution < 1.29 is 17.9 Å². The average Bonchev–Trinajstić information content (AvgIpc) is 3.01. The number of hydrogen-bond acceptors (Lipinski definition) is 6. The molecule has 1 N–H and O–H groups in total. The Hall–Kier alpha value is -2.98. The second kappa shape index (κ2) is 8.64. The third kappa shape index (κ3) is 4.13. The second-order valence-electron chi connectivity index (χ2n) is 7.12. The van der Waals surface area contributed by atoms with Gasteiger partial charge in [0.05, 0.1) is 34.3 Å². The van der Waals surface area contributed by atoms with Gasteiger partial charge < -0.3 is 10.1 Å². The van der Waals surface area contributed by atoms with Crippen molar-refractivity contribution in [3.8, 4) is 5.75 Å². The number of carbonyl (C=O) groups excluding carboxylic acids is 1. The van der Waals surface area contributed by atoms with Crippen LogP contribution in [0.3, 0.4) is 0 Å². The number of carbonyl (C=O) groups is 1. The number of methoxy groups -OCH3 is 1.